The fourth-order valence-electron chi connectivity index (χ4n) is 1.01. The largest absolute Gasteiger partial charge is 0.228 e. The smallest absolute Gasteiger partial charge is 0.215 e. The number of nitrogens with two attached hydrogens (primary N) is 1. The molecule has 0 fully saturated rings. The second kappa shape index (κ2) is 4.18. The molecule has 0 aliphatic heterocycles. The summed E-state index contributed by atoms with van der Waals surface area (Å²) >= 11 is 8.96. The molecule has 2 N–H and O–H groups in total. The normalized spacial score (nSPS) is 14.0. The monoisotopic (exact) mass is 297 g/mol. The van der Waals surface area contributed by atoms with Gasteiger partial charge in [-0.15, -0.1) is 0 Å². The predicted octanol–water partition coefficient (Wildman–Crippen LogP) is 2.45. The zero-order valence-corrected chi connectivity index (χ0v) is 10.5. The van der Waals surface area contributed by atoms with Crippen molar-refractivity contribution in [2.45, 2.75) is 12.2 Å². The van der Waals surface area contributed by atoms with Crippen molar-refractivity contribution >= 4 is 37.6 Å². The Kier molecular flexibility index (Phi) is 3.58. The van der Waals surface area contributed by atoms with Gasteiger partial charge in [0.25, 0.3) is 0 Å². The van der Waals surface area contributed by atoms with Gasteiger partial charge in [0.15, 0.2) is 0 Å². The van der Waals surface area contributed by atoms with E-state index >= 15 is 0 Å². The topological polar surface area (TPSA) is 60.2 Å². The molecule has 1 rings (SSSR count). The average molecular weight is 299 g/mol. The summed E-state index contributed by atoms with van der Waals surface area (Å²) in [7, 11) is -3.56. The Morgan fingerprint density at radius 1 is 1.50 bits per heavy atom. The number of benzene rings is 1. The molecule has 0 amide bonds. The van der Waals surface area contributed by atoms with Gasteiger partial charge in [0.2, 0.25) is 10.0 Å². The van der Waals surface area contributed by atoms with Gasteiger partial charge in [-0.1, -0.05) is 33.6 Å². The van der Waals surface area contributed by atoms with Gasteiger partial charge >= 0.3 is 0 Å². The Hall–Kier alpha value is -0.100. The van der Waals surface area contributed by atoms with Gasteiger partial charge in [0.05, 0.1) is 5.25 Å². The quantitative estimate of drug-likeness (QED) is 0.911. The van der Waals surface area contributed by atoms with Crippen LogP contribution in [0.1, 0.15) is 17.7 Å². The van der Waals surface area contributed by atoms with Crippen molar-refractivity contribution < 1.29 is 8.42 Å². The molecule has 0 aliphatic rings. The van der Waals surface area contributed by atoms with E-state index < -0.39 is 15.3 Å². The van der Waals surface area contributed by atoms with E-state index in [2.05, 4.69) is 15.9 Å². The van der Waals surface area contributed by atoms with Gasteiger partial charge in [0.1, 0.15) is 0 Å². The van der Waals surface area contributed by atoms with E-state index in [0.29, 0.717) is 15.1 Å². The Morgan fingerprint density at radius 2 is 2.07 bits per heavy atom. The molecule has 0 saturated heterocycles. The van der Waals surface area contributed by atoms with E-state index in [1.807, 2.05) is 0 Å². The molecule has 1 atom stereocenters. The first-order valence-corrected chi connectivity index (χ1v) is 6.57. The molecular formula is C8H9BrClNO2S. The second-order valence-corrected chi connectivity index (χ2v) is 6.07. The van der Waals surface area contributed by atoms with Crippen LogP contribution in [0.15, 0.2) is 22.7 Å². The van der Waals surface area contributed by atoms with Crippen LogP contribution in [0.3, 0.4) is 0 Å². The number of sulfonamides is 1. The van der Waals surface area contributed by atoms with Crippen LogP contribution in [0.5, 0.6) is 0 Å². The lowest BCUT2D eigenvalue weighted by molar-refractivity contribution is 0.588. The minimum atomic E-state index is -3.56. The highest BCUT2D eigenvalue weighted by molar-refractivity contribution is 9.10. The zero-order chi connectivity index (χ0) is 10.9. The molecule has 1 aromatic carbocycles. The molecule has 0 spiro atoms. The second-order valence-electron chi connectivity index (χ2n) is 2.90. The van der Waals surface area contributed by atoms with Crippen molar-refractivity contribution in [2.24, 2.45) is 5.14 Å². The van der Waals surface area contributed by atoms with E-state index in [1.165, 1.54) is 6.92 Å². The molecule has 3 nitrogen and oxygen atoms in total. The van der Waals surface area contributed by atoms with Gasteiger partial charge in [-0.3, -0.25) is 0 Å². The van der Waals surface area contributed by atoms with Crippen molar-refractivity contribution in [3.63, 3.8) is 0 Å². The molecular weight excluding hydrogens is 290 g/mol. The van der Waals surface area contributed by atoms with Crippen LogP contribution in [0.25, 0.3) is 0 Å². The maximum atomic E-state index is 11.1. The number of primary sulfonamides is 1. The maximum Gasteiger partial charge on any atom is 0.215 e. The van der Waals surface area contributed by atoms with Crippen molar-refractivity contribution in [3.8, 4) is 0 Å². The van der Waals surface area contributed by atoms with Crippen LogP contribution in [0, 0.1) is 0 Å². The maximum absolute atomic E-state index is 11.1. The van der Waals surface area contributed by atoms with Crippen molar-refractivity contribution in [2.75, 3.05) is 0 Å². The van der Waals surface area contributed by atoms with E-state index in [-0.39, 0.29) is 0 Å². The fraction of sp³-hybridized carbons (Fsp3) is 0.250. The molecule has 78 valence electrons. The molecule has 0 radical (unpaired) electrons. The van der Waals surface area contributed by atoms with Gasteiger partial charge in [0, 0.05) is 9.50 Å². The molecule has 0 bridgehead atoms. The summed E-state index contributed by atoms with van der Waals surface area (Å²) in [4.78, 5) is 0. The number of hydrogen-bond acceptors (Lipinski definition) is 2. The Balaban J connectivity index is 3.21. The number of halogens is 2. The van der Waals surface area contributed by atoms with E-state index in [0.717, 1.165) is 0 Å². The summed E-state index contributed by atoms with van der Waals surface area (Å²) in [5.74, 6) is 0. The SMILES string of the molecule is C[C@@H](c1ccc(Cl)cc1Br)S(N)(=O)=O. The number of rotatable bonds is 2. The van der Waals surface area contributed by atoms with Crippen molar-refractivity contribution in [1.29, 1.82) is 0 Å². The summed E-state index contributed by atoms with van der Waals surface area (Å²) in [5, 5.41) is 4.84. The first-order valence-electron chi connectivity index (χ1n) is 3.79. The predicted molar refractivity (Wildman–Crippen MR) is 60.7 cm³/mol. The van der Waals surface area contributed by atoms with Crippen molar-refractivity contribution in [1.82, 2.24) is 0 Å². The summed E-state index contributed by atoms with van der Waals surface area (Å²) in [6, 6.07) is 4.91. The zero-order valence-electron chi connectivity index (χ0n) is 7.37. The van der Waals surface area contributed by atoms with E-state index in [9.17, 15) is 8.42 Å². The molecule has 0 aliphatic carbocycles. The van der Waals surface area contributed by atoms with Gasteiger partial charge < -0.3 is 0 Å². The van der Waals surface area contributed by atoms with Crippen molar-refractivity contribution in [3.05, 3.63) is 33.3 Å². The molecule has 0 saturated carbocycles. The van der Waals surface area contributed by atoms with Crippen LogP contribution in [0.4, 0.5) is 0 Å². The van der Waals surface area contributed by atoms with Crippen LogP contribution in [-0.4, -0.2) is 8.42 Å². The summed E-state index contributed by atoms with van der Waals surface area (Å²) in [6.07, 6.45) is 0. The minimum absolute atomic E-state index is 0.544. The highest BCUT2D eigenvalue weighted by atomic mass is 79.9. The fourth-order valence-corrected chi connectivity index (χ4v) is 2.75. The van der Waals surface area contributed by atoms with Crippen LogP contribution >= 0.6 is 27.5 Å². The Labute approximate surface area is 96.4 Å². The molecule has 6 heteroatoms. The summed E-state index contributed by atoms with van der Waals surface area (Å²) in [6.45, 7) is 1.53. The van der Waals surface area contributed by atoms with Crippen LogP contribution in [0.2, 0.25) is 5.02 Å². The third-order valence-corrected chi connectivity index (χ3v) is 4.05. The highest BCUT2D eigenvalue weighted by Crippen LogP contribution is 2.29. The van der Waals surface area contributed by atoms with E-state index in [1.54, 1.807) is 18.2 Å². The number of hydrogen-bond donors (Lipinski definition) is 1. The Morgan fingerprint density at radius 3 is 2.50 bits per heavy atom. The molecule has 0 aromatic heterocycles. The molecule has 1 aromatic rings. The van der Waals surface area contributed by atoms with Crippen LogP contribution < -0.4 is 5.14 Å². The lowest BCUT2D eigenvalue weighted by Crippen LogP contribution is -2.19. The van der Waals surface area contributed by atoms with Gasteiger partial charge in [-0.05, 0) is 24.6 Å². The Bertz CT molecular complexity index is 447. The molecule has 0 unspecified atom stereocenters. The van der Waals surface area contributed by atoms with Gasteiger partial charge in [-0.25, -0.2) is 13.6 Å². The standard InChI is InChI=1S/C8H9BrClNO2S/c1-5(14(11,12)13)7-3-2-6(10)4-8(7)9/h2-5H,1H3,(H2,11,12,13)/t5-/m0/s1. The summed E-state index contributed by atoms with van der Waals surface area (Å²) in [5.41, 5.74) is 0.608. The lowest BCUT2D eigenvalue weighted by Gasteiger charge is -2.11. The third kappa shape index (κ3) is 2.70. The summed E-state index contributed by atoms with van der Waals surface area (Å²) < 4.78 is 22.8. The first kappa shape index (κ1) is 12.0. The molecule has 14 heavy (non-hydrogen) atoms. The highest BCUT2D eigenvalue weighted by Gasteiger charge is 2.20. The van der Waals surface area contributed by atoms with E-state index in [4.69, 9.17) is 16.7 Å². The average Bonchev–Trinajstić information content (AvgIpc) is 2.01. The van der Waals surface area contributed by atoms with Crippen LogP contribution in [-0.2, 0) is 10.0 Å². The molecule has 0 heterocycles. The lowest BCUT2D eigenvalue weighted by atomic mass is 10.2. The van der Waals surface area contributed by atoms with Gasteiger partial charge in [-0.2, -0.15) is 0 Å². The third-order valence-electron chi connectivity index (χ3n) is 1.89. The first-order chi connectivity index (χ1) is 6.32. The minimum Gasteiger partial charge on any atom is -0.228 e.